The van der Waals surface area contributed by atoms with E-state index in [1.54, 1.807) is 12.4 Å². The van der Waals surface area contributed by atoms with Crippen LogP contribution in [0.15, 0.2) is 47.9 Å². The number of carbonyl (C=O) groups excluding carboxylic acids is 1. The van der Waals surface area contributed by atoms with Crippen LogP contribution in [-0.4, -0.2) is 75.6 Å². The summed E-state index contributed by atoms with van der Waals surface area (Å²) in [6.45, 7) is 12.4. The Labute approximate surface area is 216 Å². The number of amides is 1. The Morgan fingerprint density at radius 2 is 1.94 bits per heavy atom. The van der Waals surface area contributed by atoms with Crippen molar-refractivity contribution in [2.75, 3.05) is 39.3 Å². The highest BCUT2D eigenvalue weighted by molar-refractivity contribution is 5.98. The van der Waals surface area contributed by atoms with Crippen LogP contribution >= 0.6 is 0 Å². The Kier molecular flexibility index (Phi) is 9.87. The number of aromatic amines is 1. The summed E-state index contributed by atoms with van der Waals surface area (Å²) in [7, 11) is 0. The quantitative estimate of drug-likeness (QED) is 0.391. The number of carbonyl (C=O) groups is 1. The fraction of sp³-hybridized carbons (Fsp3) is 0.552. The van der Waals surface area contributed by atoms with Crippen molar-refractivity contribution < 1.29 is 4.79 Å². The molecule has 2 aliphatic heterocycles. The molecule has 194 valence electrons. The minimum Gasteiger partial charge on any atom is -0.347 e. The van der Waals surface area contributed by atoms with Crippen molar-refractivity contribution in [2.45, 2.75) is 65.5 Å². The first-order chi connectivity index (χ1) is 17.7. The van der Waals surface area contributed by atoms with E-state index >= 15 is 0 Å². The molecule has 1 aromatic heterocycles. The van der Waals surface area contributed by atoms with Gasteiger partial charge in [0.05, 0.1) is 13.1 Å². The van der Waals surface area contributed by atoms with Crippen LogP contribution in [0.3, 0.4) is 0 Å². The van der Waals surface area contributed by atoms with Gasteiger partial charge < -0.3 is 14.8 Å². The molecule has 4 rings (SSSR count). The molecule has 1 amide bonds. The minimum atomic E-state index is 0.0370. The molecular weight excluding hydrogens is 448 g/mol. The topological polar surface area (TPSA) is 67.8 Å². The standard InChI is InChI=1S/C29H42N6O/c1-3-15-33(16-4-2)17-5-6-18-34-19-11-24-20-25(9-10-26(24)21-34)29(36)35(22-27-8-7-12-30-27)23-28-31-13-14-32-28/h7,9-10,12-14,20H,3-6,8,11,15-19,21-23H2,1-2H3,(H,31,32). The zero-order chi connectivity index (χ0) is 25.2. The monoisotopic (exact) mass is 490 g/mol. The summed E-state index contributed by atoms with van der Waals surface area (Å²) in [5.41, 5.74) is 4.44. The number of benzene rings is 1. The molecule has 0 aliphatic carbocycles. The third-order valence-electron chi connectivity index (χ3n) is 7.09. The summed E-state index contributed by atoms with van der Waals surface area (Å²) >= 11 is 0. The molecule has 0 saturated heterocycles. The molecule has 2 aliphatic rings. The van der Waals surface area contributed by atoms with Gasteiger partial charge in [0.2, 0.25) is 0 Å². The second-order valence-corrected chi connectivity index (χ2v) is 10.0. The first-order valence-corrected chi connectivity index (χ1v) is 13.7. The van der Waals surface area contributed by atoms with E-state index in [1.807, 2.05) is 23.2 Å². The van der Waals surface area contributed by atoms with Crippen molar-refractivity contribution in [3.8, 4) is 0 Å². The first kappa shape index (κ1) is 26.3. The van der Waals surface area contributed by atoms with Gasteiger partial charge in [-0.1, -0.05) is 26.0 Å². The second-order valence-electron chi connectivity index (χ2n) is 10.0. The normalized spacial score (nSPS) is 15.4. The number of H-pyrrole nitrogens is 1. The highest BCUT2D eigenvalue weighted by Crippen LogP contribution is 2.22. The van der Waals surface area contributed by atoms with Crippen molar-refractivity contribution >= 4 is 11.6 Å². The number of allylic oxidation sites excluding steroid dienone is 1. The number of nitrogens with one attached hydrogen (secondary N) is 1. The fourth-order valence-electron chi connectivity index (χ4n) is 5.25. The first-order valence-electron chi connectivity index (χ1n) is 13.7. The molecule has 1 aromatic carbocycles. The molecule has 7 nitrogen and oxygen atoms in total. The number of fused-ring (bicyclic) bond motifs is 1. The average Bonchev–Trinajstić information content (AvgIpc) is 3.60. The molecule has 7 heteroatoms. The lowest BCUT2D eigenvalue weighted by Crippen LogP contribution is -2.36. The number of nitrogens with zero attached hydrogens (tertiary/aromatic N) is 5. The summed E-state index contributed by atoms with van der Waals surface area (Å²) in [5, 5.41) is 0. The van der Waals surface area contributed by atoms with E-state index in [0.29, 0.717) is 13.1 Å². The number of hydrogen-bond donors (Lipinski definition) is 1. The lowest BCUT2D eigenvalue weighted by Gasteiger charge is -2.30. The van der Waals surface area contributed by atoms with Crippen molar-refractivity contribution in [2.24, 2.45) is 4.99 Å². The molecule has 0 atom stereocenters. The molecule has 0 unspecified atom stereocenters. The van der Waals surface area contributed by atoms with Crippen LogP contribution in [0.5, 0.6) is 0 Å². The van der Waals surface area contributed by atoms with Gasteiger partial charge >= 0.3 is 0 Å². The largest absolute Gasteiger partial charge is 0.347 e. The molecule has 1 N–H and O–H groups in total. The van der Waals surface area contributed by atoms with Crippen molar-refractivity contribution in [3.63, 3.8) is 0 Å². The van der Waals surface area contributed by atoms with Gasteiger partial charge in [-0.2, -0.15) is 0 Å². The smallest absolute Gasteiger partial charge is 0.254 e. The highest BCUT2D eigenvalue weighted by Gasteiger charge is 2.22. The minimum absolute atomic E-state index is 0.0370. The van der Waals surface area contributed by atoms with Gasteiger partial charge in [-0.15, -0.1) is 0 Å². The third kappa shape index (κ3) is 7.37. The maximum absolute atomic E-state index is 13.5. The Morgan fingerprint density at radius 1 is 1.08 bits per heavy atom. The number of imidazole rings is 1. The lowest BCUT2D eigenvalue weighted by molar-refractivity contribution is 0.0764. The van der Waals surface area contributed by atoms with E-state index in [4.69, 9.17) is 0 Å². The van der Waals surface area contributed by atoms with E-state index in [0.717, 1.165) is 49.6 Å². The number of aliphatic imine (C=N–C) groups is 1. The fourth-order valence-corrected chi connectivity index (χ4v) is 5.25. The van der Waals surface area contributed by atoms with E-state index < -0.39 is 0 Å². The van der Waals surface area contributed by atoms with Gasteiger partial charge in [-0.3, -0.25) is 14.7 Å². The predicted molar refractivity (Wildman–Crippen MR) is 146 cm³/mol. The average molecular weight is 491 g/mol. The van der Waals surface area contributed by atoms with Gasteiger partial charge in [0.1, 0.15) is 5.82 Å². The molecule has 0 saturated carbocycles. The molecular formula is C29H42N6O. The number of rotatable bonds is 14. The SMILES string of the molecule is CCCN(CCC)CCCCN1CCc2cc(C(=O)N(CC3=NC=CC3)Cc3ncc[nH]3)ccc2C1. The zero-order valence-corrected chi connectivity index (χ0v) is 22.1. The van der Waals surface area contributed by atoms with Crippen LogP contribution < -0.4 is 0 Å². The zero-order valence-electron chi connectivity index (χ0n) is 22.1. The molecule has 2 aromatic rings. The Bertz CT molecular complexity index is 1020. The molecule has 0 bridgehead atoms. The molecule has 0 radical (unpaired) electrons. The van der Waals surface area contributed by atoms with Gasteiger partial charge in [0.15, 0.2) is 0 Å². The van der Waals surface area contributed by atoms with Crippen LogP contribution in [0, 0.1) is 0 Å². The number of hydrogen-bond acceptors (Lipinski definition) is 5. The van der Waals surface area contributed by atoms with Crippen molar-refractivity contribution in [3.05, 3.63) is 65.4 Å². The van der Waals surface area contributed by atoms with Gasteiger partial charge in [-0.25, -0.2) is 4.98 Å². The van der Waals surface area contributed by atoms with E-state index in [2.05, 4.69) is 50.7 Å². The van der Waals surface area contributed by atoms with Crippen LogP contribution in [0.2, 0.25) is 0 Å². The van der Waals surface area contributed by atoms with Crippen LogP contribution in [0.25, 0.3) is 0 Å². The summed E-state index contributed by atoms with van der Waals surface area (Å²) in [4.78, 5) is 32.4. The van der Waals surface area contributed by atoms with Gasteiger partial charge in [0, 0.05) is 49.4 Å². The molecule has 0 fully saturated rings. The van der Waals surface area contributed by atoms with Gasteiger partial charge in [0.25, 0.3) is 5.91 Å². The Hall–Kier alpha value is -2.77. The summed E-state index contributed by atoms with van der Waals surface area (Å²) < 4.78 is 0. The lowest BCUT2D eigenvalue weighted by atomic mass is 9.96. The van der Waals surface area contributed by atoms with Crippen molar-refractivity contribution in [1.29, 1.82) is 0 Å². The third-order valence-corrected chi connectivity index (χ3v) is 7.09. The predicted octanol–water partition coefficient (Wildman–Crippen LogP) is 4.67. The summed E-state index contributed by atoms with van der Waals surface area (Å²) in [5.74, 6) is 0.825. The van der Waals surface area contributed by atoms with Gasteiger partial charge in [-0.05, 0) is 81.5 Å². The van der Waals surface area contributed by atoms with Crippen molar-refractivity contribution in [1.82, 2.24) is 24.7 Å². The second kappa shape index (κ2) is 13.5. The number of unbranched alkanes of at least 4 members (excludes halogenated alkanes) is 1. The van der Waals surface area contributed by atoms with E-state index in [-0.39, 0.29) is 5.91 Å². The summed E-state index contributed by atoms with van der Waals surface area (Å²) in [6, 6.07) is 6.28. The maximum atomic E-state index is 13.5. The van der Waals surface area contributed by atoms with E-state index in [1.165, 1.54) is 56.4 Å². The molecule has 0 spiro atoms. The van der Waals surface area contributed by atoms with Crippen LogP contribution in [0.4, 0.5) is 0 Å². The Morgan fingerprint density at radius 3 is 2.67 bits per heavy atom. The van der Waals surface area contributed by atoms with Crippen LogP contribution in [0.1, 0.15) is 73.3 Å². The number of aromatic nitrogens is 2. The van der Waals surface area contributed by atoms with E-state index in [9.17, 15) is 4.79 Å². The maximum Gasteiger partial charge on any atom is 0.254 e. The Balaban J connectivity index is 1.32. The molecule has 3 heterocycles. The summed E-state index contributed by atoms with van der Waals surface area (Å²) in [6.07, 6.45) is 14.2. The molecule has 36 heavy (non-hydrogen) atoms. The van der Waals surface area contributed by atoms with Crippen LogP contribution in [-0.2, 0) is 19.5 Å². The highest BCUT2D eigenvalue weighted by atomic mass is 16.2.